The van der Waals surface area contributed by atoms with Crippen molar-refractivity contribution < 1.29 is 4.74 Å². The molecule has 1 aromatic rings. The van der Waals surface area contributed by atoms with E-state index in [1.165, 1.54) is 17.7 Å². The van der Waals surface area contributed by atoms with Crippen molar-refractivity contribution in [1.29, 1.82) is 5.26 Å². The summed E-state index contributed by atoms with van der Waals surface area (Å²) in [6.45, 7) is 2.47. The van der Waals surface area contributed by atoms with E-state index in [9.17, 15) is 0 Å². The third-order valence-corrected chi connectivity index (χ3v) is 2.00. The van der Waals surface area contributed by atoms with Gasteiger partial charge in [-0.1, -0.05) is 0 Å². The van der Waals surface area contributed by atoms with Crippen molar-refractivity contribution in [2.45, 2.75) is 6.92 Å². The highest BCUT2D eigenvalue weighted by Crippen LogP contribution is 2.24. The zero-order valence-electron chi connectivity index (χ0n) is 6.65. The molecular formula is C8H8N2OS. The van der Waals surface area contributed by atoms with E-state index in [0.29, 0.717) is 17.2 Å². The highest BCUT2D eigenvalue weighted by molar-refractivity contribution is 7.14. The first-order chi connectivity index (χ1) is 5.88. The number of thiophene rings is 1. The largest absolute Gasteiger partial charge is 0.483 e. The van der Waals surface area contributed by atoms with Crippen molar-refractivity contribution in [2.24, 2.45) is 4.99 Å². The second kappa shape index (κ2) is 4.52. The molecule has 0 aliphatic rings. The topological polar surface area (TPSA) is 45.4 Å². The van der Waals surface area contributed by atoms with E-state index >= 15 is 0 Å². The molecule has 0 spiro atoms. The van der Waals surface area contributed by atoms with Gasteiger partial charge < -0.3 is 4.74 Å². The molecule has 62 valence electrons. The Hall–Kier alpha value is -1.34. The van der Waals surface area contributed by atoms with E-state index in [1.807, 2.05) is 18.4 Å². The Bertz CT molecular complexity index is 311. The number of nitrogens with zero attached hydrogens (tertiary/aromatic N) is 2. The standard InChI is InChI=1S/C8H8N2OS/c1-2-11-6-10-8-7(5-9)3-4-12-8/h3-4,6H,2H2,1H3. The molecule has 0 aliphatic heterocycles. The zero-order chi connectivity index (χ0) is 8.81. The second-order valence-corrected chi connectivity index (χ2v) is 2.84. The molecule has 0 aliphatic carbocycles. The molecule has 1 heterocycles. The summed E-state index contributed by atoms with van der Waals surface area (Å²) in [5, 5.41) is 11.1. The summed E-state index contributed by atoms with van der Waals surface area (Å²) >= 11 is 1.42. The Kier molecular flexibility index (Phi) is 3.30. The minimum atomic E-state index is 0.593. The molecule has 3 nitrogen and oxygen atoms in total. The van der Waals surface area contributed by atoms with E-state index in [2.05, 4.69) is 4.99 Å². The van der Waals surface area contributed by atoms with Gasteiger partial charge in [-0.2, -0.15) is 5.26 Å². The molecule has 1 aromatic heterocycles. The molecule has 4 heteroatoms. The summed E-state index contributed by atoms with van der Waals surface area (Å²) in [4.78, 5) is 3.98. The fourth-order valence-corrected chi connectivity index (χ4v) is 1.32. The lowest BCUT2D eigenvalue weighted by atomic mass is 10.4. The van der Waals surface area contributed by atoms with Crippen LogP contribution in [0.5, 0.6) is 0 Å². The van der Waals surface area contributed by atoms with Crippen molar-refractivity contribution in [3.63, 3.8) is 0 Å². The molecule has 0 saturated carbocycles. The molecule has 0 fully saturated rings. The second-order valence-electron chi connectivity index (χ2n) is 1.94. The lowest BCUT2D eigenvalue weighted by Gasteiger charge is -1.90. The van der Waals surface area contributed by atoms with Gasteiger partial charge in [-0.3, -0.25) is 0 Å². The fraction of sp³-hybridized carbons (Fsp3) is 0.250. The number of aliphatic imine (C=N–C) groups is 1. The Morgan fingerprint density at radius 3 is 3.33 bits per heavy atom. The summed E-state index contributed by atoms with van der Waals surface area (Å²) in [5.41, 5.74) is 0.593. The molecule has 0 radical (unpaired) electrons. The van der Waals surface area contributed by atoms with Gasteiger partial charge in [-0.25, -0.2) is 4.99 Å². The van der Waals surface area contributed by atoms with E-state index in [4.69, 9.17) is 10.00 Å². The zero-order valence-corrected chi connectivity index (χ0v) is 7.47. The minimum Gasteiger partial charge on any atom is -0.483 e. The summed E-state index contributed by atoms with van der Waals surface area (Å²) < 4.78 is 4.91. The van der Waals surface area contributed by atoms with Crippen LogP contribution in [-0.4, -0.2) is 13.0 Å². The third-order valence-electron chi connectivity index (χ3n) is 1.18. The highest BCUT2D eigenvalue weighted by Gasteiger charge is 1.99. The lowest BCUT2D eigenvalue weighted by Crippen LogP contribution is -1.83. The van der Waals surface area contributed by atoms with Crippen LogP contribution >= 0.6 is 11.3 Å². The Labute approximate surface area is 74.9 Å². The summed E-state index contributed by atoms with van der Waals surface area (Å²) in [6.07, 6.45) is 1.37. The average Bonchev–Trinajstić information content (AvgIpc) is 2.52. The van der Waals surface area contributed by atoms with Crippen LogP contribution in [0, 0.1) is 11.3 Å². The average molecular weight is 180 g/mol. The van der Waals surface area contributed by atoms with Gasteiger partial charge in [-0.05, 0) is 18.4 Å². The molecular weight excluding hydrogens is 172 g/mol. The monoisotopic (exact) mass is 180 g/mol. The van der Waals surface area contributed by atoms with Gasteiger partial charge in [0.05, 0.1) is 12.2 Å². The van der Waals surface area contributed by atoms with E-state index in [-0.39, 0.29) is 0 Å². The summed E-state index contributed by atoms with van der Waals surface area (Å²) in [6, 6.07) is 3.78. The maximum atomic E-state index is 8.61. The molecule has 1 rings (SSSR count). The Balaban J connectivity index is 2.69. The number of rotatable bonds is 3. The van der Waals surface area contributed by atoms with Crippen molar-refractivity contribution in [2.75, 3.05) is 6.61 Å². The van der Waals surface area contributed by atoms with Crippen molar-refractivity contribution >= 4 is 22.7 Å². The van der Waals surface area contributed by atoms with Gasteiger partial charge in [-0.15, -0.1) is 11.3 Å². The van der Waals surface area contributed by atoms with Crippen molar-refractivity contribution in [3.8, 4) is 6.07 Å². The van der Waals surface area contributed by atoms with Crippen LogP contribution in [0.3, 0.4) is 0 Å². The Morgan fingerprint density at radius 1 is 1.83 bits per heavy atom. The van der Waals surface area contributed by atoms with Crippen LogP contribution in [0.1, 0.15) is 12.5 Å². The van der Waals surface area contributed by atoms with Gasteiger partial charge >= 0.3 is 0 Å². The first-order valence-electron chi connectivity index (χ1n) is 3.50. The van der Waals surface area contributed by atoms with Crippen LogP contribution in [0.15, 0.2) is 16.4 Å². The van der Waals surface area contributed by atoms with Crippen LogP contribution in [-0.2, 0) is 4.74 Å². The normalized spacial score (nSPS) is 10.0. The van der Waals surface area contributed by atoms with E-state index in [1.54, 1.807) is 6.07 Å². The number of nitriles is 1. The van der Waals surface area contributed by atoms with Gasteiger partial charge in [0.1, 0.15) is 11.1 Å². The molecule has 0 amide bonds. The van der Waals surface area contributed by atoms with E-state index < -0.39 is 0 Å². The molecule has 0 unspecified atom stereocenters. The SMILES string of the molecule is CCOC=Nc1sccc1C#N. The van der Waals surface area contributed by atoms with Gasteiger partial charge in [0.25, 0.3) is 0 Å². The van der Waals surface area contributed by atoms with Gasteiger partial charge in [0.15, 0.2) is 6.40 Å². The lowest BCUT2D eigenvalue weighted by molar-refractivity contribution is 0.344. The minimum absolute atomic E-state index is 0.593. The van der Waals surface area contributed by atoms with Gasteiger partial charge in [0.2, 0.25) is 0 Å². The Morgan fingerprint density at radius 2 is 2.67 bits per heavy atom. The van der Waals surface area contributed by atoms with Crippen LogP contribution in [0.4, 0.5) is 5.00 Å². The maximum absolute atomic E-state index is 8.61. The molecule has 0 N–H and O–H groups in total. The molecule has 12 heavy (non-hydrogen) atoms. The number of ether oxygens (including phenoxy) is 1. The van der Waals surface area contributed by atoms with Gasteiger partial charge in [0, 0.05) is 0 Å². The van der Waals surface area contributed by atoms with Crippen LogP contribution in [0.25, 0.3) is 0 Å². The fourth-order valence-electron chi connectivity index (χ4n) is 0.646. The number of hydrogen-bond acceptors (Lipinski definition) is 4. The third kappa shape index (κ3) is 2.07. The van der Waals surface area contributed by atoms with Crippen LogP contribution in [0.2, 0.25) is 0 Å². The number of hydrogen-bond donors (Lipinski definition) is 0. The summed E-state index contributed by atoms with van der Waals surface area (Å²) in [5.74, 6) is 0. The predicted octanol–water partition coefficient (Wildman–Crippen LogP) is 2.32. The van der Waals surface area contributed by atoms with Crippen molar-refractivity contribution in [1.82, 2.24) is 0 Å². The first-order valence-corrected chi connectivity index (χ1v) is 4.38. The summed E-state index contributed by atoms with van der Waals surface area (Å²) in [7, 11) is 0. The quantitative estimate of drug-likeness (QED) is 0.529. The highest BCUT2D eigenvalue weighted by atomic mass is 32.1. The van der Waals surface area contributed by atoms with Crippen molar-refractivity contribution in [3.05, 3.63) is 17.0 Å². The predicted molar refractivity (Wildman–Crippen MR) is 48.8 cm³/mol. The maximum Gasteiger partial charge on any atom is 0.175 e. The smallest absolute Gasteiger partial charge is 0.175 e. The molecule has 0 bridgehead atoms. The molecule has 0 saturated heterocycles. The van der Waals surface area contributed by atoms with Crippen LogP contribution < -0.4 is 0 Å². The molecule has 0 atom stereocenters. The molecule has 0 aromatic carbocycles. The first kappa shape index (κ1) is 8.75. The van der Waals surface area contributed by atoms with E-state index in [0.717, 1.165) is 0 Å².